The average Bonchev–Trinajstić information content (AvgIpc) is 2.38. The molecule has 1 saturated carbocycles. The lowest BCUT2D eigenvalue weighted by atomic mass is 9.77. The SMILES string of the molecule is CC(=O)c1ccc(Nc2ccccc2)cc1C1CCC1. The Bertz CT molecular complexity index is 615. The zero-order valence-corrected chi connectivity index (χ0v) is 11.7. The molecule has 1 aliphatic rings. The van der Waals surface area contributed by atoms with E-state index in [0.717, 1.165) is 16.9 Å². The number of benzene rings is 2. The summed E-state index contributed by atoms with van der Waals surface area (Å²) in [5, 5.41) is 3.40. The number of hydrogen-bond acceptors (Lipinski definition) is 2. The molecule has 1 aliphatic carbocycles. The fourth-order valence-corrected chi connectivity index (χ4v) is 2.71. The molecule has 0 bridgehead atoms. The van der Waals surface area contributed by atoms with Crippen LogP contribution < -0.4 is 5.32 Å². The zero-order valence-electron chi connectivity index (χ0n) is 11.7. The van der Waals surface area contributed by atoms with E-state index in [4.69, 9.17) is 0 Å². The fraction of sp³-hybridized carbons (Fsp3) is 0.278. The number of ketones is 1. The number of anilines is 2. The van der Waals surface area contributed by atoms with Gasteiger partial charge in [0.1, 0.15) is 0 Å². The summed E-state index contributed by atoms with van der Waals surface area (Å²) >= 11 is 0. The second-order valence-corrected chi connectivity index (χ2v) is 5.48. The lowest BCUT2D eigenvalue weighted by Crippen LogP contribution is -2.13. The highest BCUT2D eigenvalue weighted by atomic mass is 16.1. The van der Waals surface area contributed by atoms with Crippen LogP contribution in [-0.4, -0.2) is 5.78 Å². The summed E-state index contributed by atoms with van der Waals surface area (Å²) in [6.45, 7) is 1.65. The molecule has 3 rings (SSSR count). The van der Waals surface area contributed by atoms with E-state index >= 15 is 0 Å². The van der Waals surface area contributed by atoms with Crippen molar-refractivity contribution >= 4 is 17.2 Å². The van der Waals surface area contributed by atoms with Gasteiger partial charge in [-0.15, -0.1) is 0 Å². The minimum atomic E-state index is 0.165. The molecule has 0 atom stereocenters. The molecule has 0 spiro atoms. The van der Waals surface area contributed by atoms with E-state index < -0.39 is 0 Å². The van der Waals surface area contributed by atoms with Crippen molar-refractivity contribution in [2.24, 2.45) is 0 Å². The molecule has 102 valence electrons. The van der Waals surface area contributed by atoms with Gasteiger partial charge in [-0.1, -0.05) is 24.6 Å². The number of carbonyl (C=O) groups is 1. The van der Waals surface area contributed by atoms with Gasteiger partial charge in [-0.3, -0.25) is 4.79 Å². The number of carbonyl (C=O) groups excluding carboxylic acids is 1. The van der Waals surface area contributed by atoms with Crippen molar-refractivity contribution in [3.05, 3.63) is 59.7 Å². The second kappa shape index (κ2) is 5.49. The summed E-state index contributed by atoms with van der Waals surface area (Å²) in [5.74, 6) is 0.726. The quantitative estimate of drug-likeness (QED) is 0.796. The molecule has 0 amide bonds. The molecule has 2 heteroatoms. The second-order valence-electron chi connectivity index (χ2n) is 5.48. The number of para-hydroxylation sites is 1. The molecule has 0 unspecified atom stereocenters. The van der Waals surface area contributed by atoms with Crippen molar-refractivity contribution < 1.29 is 4.79 Å². The third kappa shape index (κ3) is 2.60. The molecule has 0 saturated heterocycles. The Morgan fingerprint density at radius 2 is 1.80 bits per heavy atom. The van der Waals surface area contributed by atoms with E-state index in [1.807, 2.05) is 42.5 Å². The molecule has 2 nitrogen and oxygen atoms in total. The molecule has 0 aromatic heterocycles. The summed E-state index contributed by atoms with van der Waals surface area (Å²) in [4.78, 5) is 11.8. The highest BCUT2D eigenvalue weighted by Crippen LogP contribution is 2.39. The minimum Gasteiger partial charge on any atom is -0.356 e. The van der Waals surface area contributed by atoms with E-state index in [-0.39, 0.29) is 5.78 Å². The maximum absolute atomic E-state index is 11.8. The van der Waals surface area contributed by atoms with Gasteiger partial charge in [0.15, 0.2) is 5.78 Å². The standard InChI is InChI=1S/C18H19NO/c1-13(20)17-11-10-16(12-18(17)14-6-5-7-14)19-15-8-3-2-4-9-15/h2-4,8-12,14,19H,5-7H2,1H3. The van der Waals surface area contributed by atoms with Crippen LogP contribution in [0.15, 0.2) is 48.5 Å². The highest BCUT2D eigenvalue weighted by Gasteiger charge is 2.23. The number of nitrogens with one attached hydrogen (secondary N) is 1. The maximum atomic E-state index is 11.8. The Kier molecular flexibility index (Phi) is 3.55. The summed E-state index contributed by atoms with van der Waals surface area (Å²) in [5.41, 5.74) is 4.23. The van der Waals surface area contributed by atoms with Crippen LogP contribution >= 0.6 is 0 Å². The number of hydrogen-bond donors (Lipinski definition) is 1. The first-order chi connectivity index (χ1) is 9.74. The molecule has 0 heterocycles. The van der Waals surface area contributed by atoms with Crippen molar-refractivity contribution in [2.75, 3.05) is 5.32 Å². The van der Waals surface area contributed by atoms with Crippen LogP contribution in [0.5, 0.6) is 0 Å². The van der Waals surface area contributed by atoms with Crippen molar-refractivity contribution in [1.82, 2.24) is 0 Å². The third-order valence-corrected chi connectivity index (χ3v) is 4.04. The largest absolute Gasteiger partial charge is 0.356 e. The molecule has 0 radical (unpaired) electrons. The Morgan fingerprint density at radius 3 is 2.40 bits per heavy atom. The highest BCUT2D eigenvalue weighted by molar-refractivity contribution is 5.96. The van der Waals surface area contributed by atoms with Crippen LogP contribution in [-0.2, 0) is 0 Å². The molecule has 2 aromatic carbocycles. The normalized spacial score (nSPS) is 14.7. The van der Waals surface area contributed by atoms with Crippen LogP contribution in [0.4, 0.5) is 11.4 Å². The van der Waals surface area contributed by atoms with Crippen LogP contribution in [0.2, 0.25) is 0 Å². The van der Waals surface area contributed by atoms with Crippen LogP contribution in [0.1, 0.15) is 48.0 Å². The summed E-state index contributed by atoms with van der Waals surface area (Å²) in [7, 11) is 0. The van der Waals surface area contributed by atoms with Crippen molar-refractivity contribution in [3.63, 3.8) is 0 Å². The zero-order chi connectivity index (χ0) is 13.9. The Labute approximate surface area is 119 Å². The molecular weight excluding hydrogens is 246 g/mol. The first kappa shape index (κ1) is 12.9. The van der Waals surface area contributed by atoms with Gasteiger partial charge in [0.25, 0.3) is 0 Å². The van der Waals surface area contributed by atoms with Gasteiger partial charge in [0.2, 0.25) is 0 Å². The van der Waals surface area contributed by atoms with Gasteiger partial charge in [-0.05, 0) is 61.6 Å². The first-order valence-electron chi connectivity index (χ1n) is 7.21. The lowest BCUT2D eigenvalue weighted by molar-refractivity contribution is 0.101. The predicted molar refractivity (Wildman–Crippen MR) is 82.8 cm³/mol. The Morgan fingerprint density at radius 1 is 1.05 bits per heavy atom. The summed E-state index contributed by atoms with van der Waals surface area (Å²) < 4.78 is 0. The third-order valence-electron chi connectivity index (χ3n) is 4.04. The van der Waals surface area contributed by atoms with E-state index in [2.05, 4.69) is 11.4 Å². The lowest BCUT2D eigenvalue weighted by Gasteiger charge is -2.28. The van der Waals surface area contributed by atoms with Crippen molar-refractivity contribution in [3.8, 4) is 0 Å². The smallest absolute Gasteiger partial charge is 0.160 e. The molecule has 0 aliphatic heterocycles. The van der Waals surface area contributed by atoms with Crippen LogP contribution in [0, 0.1) is 0 Å². The summed E-state index contributed by atoms with van der Waals surface area (Å²) in [6, 6.07) is 16.2. The van der Waals surface area contributed by atoms with Gasteiger partial charge >= 0.3 is 0 Å². The van der Waals surface area contributed by atoms with E-state index in [0.29, 0.717) is 5.92 Å². The van der Waals surface area contributed by atoms with Gasteiger partial charge in [-0.2, -0.15) is 0 Å². The maximum Gasteiger partial charge on any atom is 0.160 e. The Balaban J connectivity index is 1.91. The van der Waals surface area contributed by atoms with Gasteiger partial charge in [0, 0.05) is 16.9 Å². The minimum absolute atomic E-state index is 0.165. The predicted octanol–water partition coefficient (Wildman–Crippen LogP) is 4.90. The van der Waals surface area contributed by atoms with Crippen LogP contribution in [0.25, 0.3) is 0 Å². The molecule has 20 heavy (non-hydrogen) atoms. The number of rotatable bonds is 4. The topological polar surface area (TPSA) is 29.1 Å². The molecule has 1 fully saturated rings. The van der Waals surface area contributed by atoms with Gasteiger partial charge in [-0.25, -0.2) is 0 Å². The average molecular weight is 265 g/mol. The van der Waals surface area contributed by atoms with Crippen LogP contribution in [0.3, 0.4) is 0 Å². The number of Topliss-reactive ketones (excluding diaryl/α,β-unsaturated/α-hetero) is 1. The van der Waals surface area contributed by atoms with E-state index in [1.54, 1.807) is 6.92 Å². The summed E-state index contributed by atoms with van der Waals surface area (Å²) in [6.07, 6.45) is 3.68. The first-order valence-corrected chi connectivity index (χ1v) is 7.21. The van der Waals surface area contributed by atoms with Gasteiger partial charge in [0.05, 0.1) is 0 Å². The monoisotopic (exact) mass is 265 g/mol. The Hall–Kier alpha value is -2.09. The van der Waals surface area contributed by atoms with Crippen molar-refractivity contribution in [2.45, 2.75) is 32.1 Å². The fourth-order valence-electron chi connectivity index (χ4n) is 2.71. The van der Waals surface area contributed by atoms with E-state index in [9.17, 15) is 4.79 Å². The van der Waals surface area contributed by atoms with E-state index in [1.165, 1.54) is 24.8 Å². The molecule has 1 N–H and O–H groups in total. The van der Waals surface area contributed by atoms with Crippen molar-refractivity contribution in [1.29, 1.82) is 0 Å². The van der Waals surface area contributed by atoms with Gasteiger partial charge < -0.3 is 5.32 Å². The molecule has 2 aromatic rings. The molecular formula is C18H19NO.